The van der Waals surface area contributed by atoms with Crippen LogP contribution in [0.2, 0.25) is 0 Å². The van der Waals surface area contributed by atoms with E-state index in [2.05, 4.69) is 9.98 Å². The van der Waals surface area contributed by atoms with Crippen LogP contribution in [0.5, 0.6) is 5.88 Å². The van der Waals surface area contributed by atoms with Crippen LogP contribution in [-0.2, 0) is 0 Å². The number of fused-ring (bicyclic) bond motifs is 1. The molecule has 2 aromatic carbocycles. The molecular formula is C20H15N3O3. The molecule has 2 heterocycles. The summed E-state index contributed by atoms with van der Waals surface area (Å²) in [6, 6.07) is 14.7. The summed E-state index contributed by atoms with van der Waals surface area (Å²) in [5.74, 6) is -0.417. The molecule has 26 heavy (non-hydrogen) atoms. The molecule has 1 aromatic heterocycles. The third kappa shape index (κ3) is 2.57. The third-order valence-corrected chi connectivity index (χ3v) is 4.26. The van der Waals surface area contributed by atoms with Crippen molar-refractivity contribution in [1.82, 2.24) is 9.55 Å². The molecule has 1 aliphatic rings. The molecule has 6 heteroatoms. The van der Waals surface area contributed by atoms with Crippen LogP contribution in [0, 0.1) is 6.92 Å². The van der Waals surface area contributed by atoms with Gasteiger partial charge in [0.05, 0.1) is 16.7 Å². The number of hydrogen-bond donors (Lipinski definition) is 2. The number of benzene rings is 2. The molecule has 3 aromatic rings. The first-order chi connectivity index (χ1) is 12.5. The predicted molar refractivity (Wildman–Crippen MR) is 98.7 cm³/mol. The van der Waals surface area contributed by atoms with Gasteiger partial charge in [0, 0.05) is 5.22 Å². The van der Waals surface area contributed by atoms with Gasteiger partial charge in [-0.25, -0.2) is 14.4 Å². The van der Waals surface area contributed by atoms with E-state index in [-0.39, 0.29) is 5.56 Å². The molecule has 0 radical (unpaired) electrons. The number of H-pyrrole nitrogens is 1. The van der Waals surface area contributed by atoms with Crippen molar-refractivity contribution in [3.05, 3.63) is 96.8 Å². The number of rotatable bonds is 2. The Morgan fingerprint density at radius 2 is 1.81 bits per heavy atom. The smallest absolute Gasteiger partial charge is 0.335 e. The van der Waals surface area contributed by atoms with E-state index in [0.717, 1.165) is 20.7 Å². The Balaban J connectivity index is 1.95. The standard InChI is InChI=1S/C20H15N3O3/c1-12-6-2-5-9-17(12)23-19(25)15(18(24)22-20(23)26)11-14-10-13-7-3-4-8-16(13)21-14/h2-11,25H,1H3,(H,22,24,26)/b14-11+. The number of allylic oxidation sites excluding steroid dienone is 1. The first-order valence-corrected chi connectivity index (χ1v) is 8.06. The Labute approximate surface area is 147 Å². The lowest BCUT2D eigenvalue weighted by molar-refractivity contribution is 0.429. The van der Waals surface area contributed by atoms with Gasteiger partial charge in [-0.2, -0.15) is 0 Å². The number of aryl methyl sites for hydroxylation is 1. The number of aromatic amines is 1. The Kier molecular flexibility index (Phi) is 3.65. The highest BCUT2D eigenvalue weighted by Gasteiger charge is 2.16. The molecule has 6 nitrogen and oxygen atoms in total. The van der Waals surface area contributed by atoms with Crippen molar-refractivity contribution < 1.29 is 5.11 Å². The molecule has 0 unspecified atom stereocenters. The highest BCUT2D eigenvalue weighted by atomic mass is 16.3. The Bertz CT molecular complexity index is 1260. The van der Waals surface area contributed by atoms with Gasteiger partial charge in [-0.05, 0) is 36.8 Å². The van der Waals surface area contributed by atoms with Gasteiger partial charge in [0.2, 0.25) is 5.88 Å². The fraction of sp³-hybridized carbons (Fsp3) is 0.0500. The van der Waals surface area contributed by atoms with Crippen LogP contribution in [0.1, 0.15) is 11.1 Å². The summed E-state index contributed by atoms with van der Waals surface area (Å²) >= 11 is 0. The number of para-hydroxylation sites is 2. The maximum absolute atomic E-state index is 12.3. The molecule has 1 aliphatic heterocycles. The molecule has 0 amide bonds. The zero-order valence-corrected chi connectivity index (χ0v) is 13.9. The second-order valence-corrected chi connectivity index (χ2v) is 6.00. The third-order valence-electron chi connectivity index (χ3n) is 4.26. The monoisotopic (exact) mass is 345 g/mol. The number of nitrogens with zero attached hydrogens (tertiary/aromatic N) is 2. The molecule has 0 bridgehead atoms. The molecule has 0 spiro atoms. The normalized spacial score (nSPS) is 14.0. The quantitative estimate of drug-likeness (QED) is 0.726. The van der Waals surface area contributed by atoms with Crippen molar-refractivity contribution in [2.75, 3.05) is 0 Å². The van der Waals surface area contributed by atoms with Gasteiger partial charge < -0.3 is 5.11 Å². The zero-order chi connectivity index (χ0) is 18.3. The summed E-state index contributed by atoms with van der Waals surface area (Å²) in [6.45, 7) is 1.82. The van der Waals surface area contributed by atoms with Crippen molar-refractivity contribution in [3.8, 4) is 11.6 Å². The fourth-order valence-corrected chi connectivity index (χ4v) is 2.97. The van der Waals surface area contributed by atoms with Crippen LogP contribution in [0.15, 0.2) is 68.8 Å². The van der Waals surface area contributed by atoms with Crippen LogP contribution in [0.4, 0.5) is 0 Å². The van der Waals surface area contributed by atoms with Crippen molar-refractivity contribution >= 4 is 12.2 Å². The van der Waals surface area contributed by atoms with E-state index >= 15 is 0 Å². The van der Waals surface area contributed by atoms with E-state index in [1.165, 1.54) is 6.08 Å². The van der Waals surface area contributed by atoms with E-state index < -0.39 is 17.1 Å². The number of aromatic nitrogens is 2. The number of nitrogens with one attached hydrogen (secondary N) is 1. The van der Waals surface area contributed by atoms with Crippen LogP contribution in [-0.4, -0.2) is 14.7 Å². The van der Waals surface area contributed by atoms with E-state index in [9.17, 15) is 14.7 Å². The minimum absolute atomic E-state index is 0.0179. The first-order valence-electron chi connectivity index (χ1n) is 8.06. The zero-order valence-electron chi connectivity index (χ0n) is 13.9. The molecule has 4 rings (SSSR count). The van der Waals surface area contributed by atoms with Crippen LogP contribution in [0.3, 0.4) is 0 Å². The van der Waals surface area contributed by atoms with Crippen LogP contribution < -0.4 is 21.8 Å². The van der Waals surface area contributed by atoms with Crippen molar-refractivity contribution in [2.45, 2.75) is 6.92 Å². The van der Waals surface area contributed by atoms with Gasteiger partial charge in [0.25, 0.3) is 5.56 Å². The van der Waals surface area contributed by atoms with Crippen molar-refractivity contribution in [3.63, 3.8) is 0 Å². The molecular weight excluding hydrogens is 330 g/mol. The summed E-state index contributed by atoms with van der Waals surface area (Å²) in [7, 11) is 0. The minimum Gasteiger partial charge on any atom is -0.494 e. The molecule has 0 saturated heterocycles. The van der Waals surface area contributed by atoms with Crippen molar-refractivity contribution in [1.29, 1.82) is 0 Å². The lowest BCUT2D eigenvalue weighted by Gasteiger charge is -2.12. The molecule has 0 atom stereocenters. The molecule has 128 valence electrons. The van der Waals surface area contributed by atoms with Crippen molar-refractivity contribution in [2.24, 2.45) is 4.99 Å². The fourth-order valence-electron chi connectivity index (χ4n) is 2.97. The van der Waals surface area contributed by atoms with Gasteiger partial charge in [-0.15, -0.1) is 0 Å². The Morgan fingerprint density at radius 1 is 1.08 bits per heavy atom. The molecule has 2 N–H and O–H groups in total. The van der Waals surface area contributed by atoms with Gasteiger partial charge in [-0.3, -0.25) is 9.78 Å². The SMILES string of the molecule is Cc1ccccc1-n1c(O)c(/C=C2\C=c3ccccc3=N2)c(=O)[nH]c1=O. The van der Waals surface area contributed by atoms with Gasteiger partial charge in [0.15, 0.2) is 0 Å². The Hall–Kier alpha value is -3.67. The maximum Gasteiger partial charge on any atom is 0.335 e. The summed E-state index contributed by atoms with van der Waals surface area (Å²) in [4.78, 5) is 31.2. The molecule has 0 fully saturated rings. The molecule has 0 saturated carbocycles. The second kappa shape index (κ2) is 6.00. The summed E-state index contributed by atoms with van der Waals surface area (Å²) < 4.78 is 1.09. The lowest BCUT2D eigenvalue weighted by Crippen LogP contribution is -2.30. The summed E-state index contributed by atoms with van der Waals surface area (Å²) in [5.41, 5.74) is 0.447. The second-order valence-electron chi connectivity index (χ2n) is 6.00. The first kappa shape index (κ1) is 15.8. The minimum atomic E-state index is -0.695. The molecule has 0 aliphatic carbocycles. The average Bonchev–Trinajstić information content (AvgIpc) is 3.02. The largest absolute Gasteiger partial charge is 0.494 e. The van der Waals surface area contributed by atoms with Crippen LogP contribution in [0.25, 0.3) is 17.8 Å². The maximum atomic E-state index is 12.3. The highest BCUT2D eigenvalue weighted by molar-refractivity contribution is 5.67. The van der Waals surface area contributed by atoms with Gasteiger partial charge >= 0.3 is 5.69 Å². The highest BCUT2D eigenvalue weighted by Crippen LogP contribution is 2.21. The van der Waals surface area contributed by atoms with Gasteiger partial charge in [0.1, 0.15) is 5.56 Å². The summed E-state index contributed by atoms with van der Waals surface area (Å²) in [5, 5.41) is 12.4. The lowest BCUT2D eigenvalue weighted by atomic mass is 10.2. The summed E-state index contributed by atoms with van der Waals surface area (Å²) in [6.07, 6.45) is 3.29. The number of aromatic hydroxyl groups is 1. The van der Waals surface area contributed by atoms with E-state index in [4.69, 9.17) is 0 Å². The van der Waals surface area contributed by atoms with Gasteiger partial charge in [-0.1, -0.05) is 36.4 Å². The Morgan fingerprint density at radius 3 is 2.58 bits per heavy atom. The van der Waals surface area contributed by atoms with E-state index in [1.807, 2.05) is 49.4 Å². The number of hydrogen-bond acceptors (Lipinski definition) is 4. The van der Waals surface area contributed by atoms with E-state index in [0.29, 0.717) is 11.4 Å². The van der Waals surface area contributed by atoms with Crippen LogP contribution >= 0.6 is 0 Å². The van der Waals surface area contributed by atoms with E-state index in [1.54, 1.807) is 12.1 Å². The average molecular weight is 345 g/mol. The topological polar surface area (TPSA) is 87.4 Å². The predicted octanol–water partition coefficient (Wildman–Crippen LogP) is 0.995.